The van der Waals surface area contributed by atoms with E-state index in [-0.39, 0.29) is 5.41 Å². The third-order valence-corrected chi connectivity index (χ3v) is 5.27. The number of pyridine rings is 1. The number of hydrogen-bond donors (Lipinski definition) is 1. The molecule has 1 fully saturated rings. The van der Waals surface area contributed by atoms with Crippen LogP contribution in [0.3, 0.4) is 0 Å². The largest absolute Gasteiger partial charge is 0.383 e. The van der Waals surface area contributed by atoms with Crippen LogP contribution in [0.25, 0.3) is 0 Å². The number of nitrogens with zero attached hydrogens (tertiary/aromatic N) is 2. The summed E-state index contributed by atoms with van der Waals surface area (Å²) in [5.74, 6) is 0. The molecule has 1 spiro atoms. The lowest BCUT2D eigenvalue weighted by molar-refractivity contribution is 0.160. The van der Waals surface area contributed by atoms with E-state index in [1.165, 1.54) is 35.3 Å². The molecule has 2 aromatic rings. The van der Waals surface area contributed by atoms with Crippen LogP contribution in [0.1, 0.15) is 29.7 Å². The maximum Gasteiger partial charge on any atom is 0.0714 e. The second-order valence-corrected chi connectivity index (χ2v) is 6.80. The van der Waals surface area contributed by atoms with Crippen molar-refractivity contribution in [3.8, 4) is 0 Å². The molecule has 0 amide bonds. The van der Waals surface area contributed by atoms with E-state index in [0.717, 1.165) is 26.2 Å². The van der Waals surface area contributed by atoms with Crippen LogP contribution in [0.4, 0.5) is 5.69 Å². The van der Waals surface area contributed by atoms with E-state index in [2.05, 4.69) is 52.5 Å². The van der Waals surface area contributed by atoms with Gasteiger partial charge in [0.2, 0.25) is 0 Å². The Labute approximate surface area is 132 Å². The van der Waals surface area contributed by atoms with Gasteiger partial charge >= 0.3 is 0 Å². The molecule has 0 aliphatic carbocycles. The van der Waals surface area contributed by atoms with Crippen molar-refractivity contribution in [3.05, 3.63) is 59.4 Å². The van der Waals surface area contributed by atoms with Gasteiger partial charge in [0.25, 0.3) is 0 Å². The summed E-state index contributed by atoms with van der Waals surface area (Å²) in [6.45, 7) is 6.58. The molecule has 3 nitrogen and oxygen atoms in total. The maximum atomic E-state index is 4.67. The van der Waals surface area contributed by atoms with Gasteiger partial charge in [0.1, 0.15) is 0 Å². The number of aryl methyl sites for hydroxylation is 1. The molecule has 1 aromatic carbocycles. The molecule has 0 unspecified atom stereocenters. The van der Waals surface area contributed by atoms with E-state index in [0.29, 0.717) is 0 Å². The van der Waals surface area contributed by atoms with Crippen LogP contribution >= 0.6 is 0 Å². The van der Waals surface area contributed by atoms with Crippen LogP contribution in [-0.4, -0.2) is 29.5 Å². The standard InChI is InChI=1S/C19H23N3/c1-15-4-6-16(7-5-15)13-22-11-8-19(9-12-22)14-21-17-3-2-10-20-18(17)19/h2-7,10,21H,8-9,11-14H2,1H3. The molecular weight excluding hydrogens is 270 g/mol. The average Bonchev–Trinajstić information content (AvgIpc) is 2.91. The topological polar surface area (TPSA) is 28.2 Å². The normalized spacial score (nSPS) is 19.9. The molecule has 22 heavy (non-hydrogen) atoms. The number of likely N-dealkylation sites (tertiary alicyclic amines) is 1. The van der Waals surface area contributed by atoms with Crippen LogP contribution in [0.5, 0.6) is 0 Å². The molecule has 114 valence electrons. The quantitative estimate of drug-likeness (QED) is 0.920. The van der Waals surface area contributed by atoms with Gasteiger partial charge in [0.05, 0.1) is 11.4 Å². The summed E-state index contributed by atoms with van der Waals surface area (Å²) in [6, 6.07) is 13.1. The fraction of sp³-hybridized carbons (Fsp3) is 0.421. The number of nitrogens with one attached hydrogen (secondary N) is 1. The zero-order chi connectivity index (χ0) is 15.0. The van der Waals surface area contributed by atoms with E-state index in [1.54, 1.807) is 0 Å². The van der Waals surface area contributed by atoms with Gasteiger partial charge < -0.3 is 5.32 Å². The minimum absolute atomic E-state index is 0.264. The number of hydrogen-bond acceptors (Lipinski definition) is 3. The molecule has 0 radical (unpaired) electrons. The minimum Gasteiger partial charge on any atom is -0.383 e. The van der Waals surface area contributed by atoms with Crippen molar-refractivity contribution in [2.24, 2.45) is 0 Å². The number of anilines is 1. The Morgan fingerprint density at radius 3 is 2.68 bits per heavy atom. The molecule has 0 saturated carbocycles. The lowest BCUT2D eigenvalue weighted by Gasteiger charge is -2.38. The molecule has 4 rings (SSSR count). The monoisotopic (exact) mass is 293 g/mol. The smallest absolute Gasteiger partial charge is 0.0714 e. The van der Waals surface area contributed by atoms with Crippen molar-refractivity contribution in [2.75, 3.05) is 25.0 Å². The Hall–Kier alpha value is -1.87. The molecule has 0 atom stereocenters. The first-order valence-corrected chi connectivity index (χ1v) is 8.22. The lowest BCUT2D eigenvalue weighted by Crippen LogP contribution is -2.43. The Bertz CT molecular complexity index is 655. The summed E-state index contributed by atoms with van der Waals surface area (Å²) in [7, 11) is 0. The predicted molar refractivity (Wildman–Crippen MR) is 90.1 cm³/mol. The highest BCUT2D eigenvalue weighted by atomic mass is 15.1. The number of fused-ring (bicyclic) bond motifs is 2. The number of piperidine rings is 1. The fourth-order valence-corrected chi connectivity index (χ4v) is 3.82. The van der Waals surface area contributed by atoms with Crippen molar-refractivity contribution in [3.63, 3.8) is 0 Å². The Balaban J connectivity index is 1.44. The molecule has 1 N–H and O–H groups in total. The summed E-state index contributed by atoms with van der Waals surface area (Å²) in [6.07, 6.45) is 4.35. The van der Waals surface area contributed by atoms with E-state index >= 15 is 0 Å². The van der Waals surface area contributed by atoms with Crippen molar-refractivity contribution in [1.82, 2.24) is 9.88 Å². The van der Waals surface area contributed by atoms with Gasteiger partial charge in [-0.15, -0.1) is 0 Å². The summed E-state index contributed by atoms with van der Waals surface area (Å²) in [5.41, 5.74) is 5.56. The van der Waals surface area contributed by atoms with Gasteiger partial charge in [0.15, 0.2) is 0 Å². The highest BCUT2D eigenvalue weighted by molar-refractivity contribution is 5.57. The highest BCUT2D eigenvalue weighted by Crippen LogP contribution is 2.42. The van der Waals surface area contributed by atoms with Crippen molar-refractivity contribution >= 4 is 5.69 Å². The van der Waals surface area contributed by atoms with E-state index in [9.17, 15) is 0 Å². The Morgan fingerprint density at radius 1 is 1.14 bits per heavy atom. The maximum absolute atomic E-state index is 4.67. The predicted octanol–water partition coefficient (Wildman–Crippen LogP) is 3.35. The third-order valence-electron chi connectivity index (χ3n) is 5.27. The van der Waals surface area contributed by atoms with Crippen LogP contribution in [0.2, 0.25) is 0 Å². The molecule has 1 aromatic heterocycles. The van der Waals surface area contributed by atoms with Crippen molar-refractivity contribution in [2.45, 2.75) is 31.7 Å². The summed E-state index contributed by atoms with van der Waals surface area (Å²) >= 11 is 0. The van der Waals surface area contributed by atoms with Crippen LogP contribution < -0.4 is 5.32 Å². The zero-order valence-electron chi connectivity index (χ0n) is 13.2. The Kier molecular flexibility index (Phi) is 3.38. The van der Waals surface area contributed by atoms with Gasteiger partial charge in [0, 0.05) is 24.7 Å². The van der Waals surface area contributed by atoms with Gasteiger partial charge in [-0.2, -0.15) is 0 Å². The van der Waals surface area contributed by atoms with E-state index in [4.69, 9.17) is 0 Å². The van der Waals surface area contributed by atoms with Crippen molar-refractivity contribution < 1.29 is 0 Å². The first-order chi connectivity index (χ1) is 10.8. The highest BCUT2D eigenvalue weighted by Gasteiger charge is 2.42. The molecular formula is C19H23N3. The lowest BCUT2D eigenvalue weighted by atomic mass is 9.77. The molecule has 0 bridgehead atoms. The molecule has 2 aliphatic heterocycles. The van der Waals surface area contributed by atoms with E-state index < -0.39 is 0 Å². The van der Waals surface area contributed by atoms with Gasteiger partial charge in [-0.25, -0.2) is 0 Å². The second-order valence-electron chi connectivity index (χ2n) is 6.80. The molecule has 3 heteroatoms. The van der Waals surface area contributed by atoms with Crippen LogP contribution in [0, 0.1) is 6.92 Å². The number of benzene rings is 1. The number of rotatable bonds is 2. The first kappa shape index (κ1) is 13.8. The Morgan fingerprint density at radius 2 is 1.91 bits per heavy atom. The molecule has 1 saturated heterocycles. The minimum atomic E-state index is 0.264. The van der Waals surface area contributed by atoms with Crippen LogP contribution in [0.15, 0.2) is 42.6 Å². The van der Waals surface area contributed by atoms with E-state index in [1.807, 2.05) is 12.3 Å². The zero-order valence-corrected chi connectivity index (χ0v) is 13.2. The SMILES string of the molecule is Cc1ccc(CN2CCC3(CC2)CNc2cccnc23)cc1. The summed E-state index contributed by atoms with van der Waals surface area (Å²) in [4.78, 5) is 7.25. The van der Waals surface area contributed by atoms with Crippen molar-refractivity contribution in [1.29, 1.82) is 0 Å². The molecule has 3 heterocycles. The average molecular weight is 293 g/mol. The van der Waals surface area contributed by atoms with Gasteiger partial charge in [-0.1, -0.05) is 29.8 Å². The summed E-state index contributed by atoms with van der Waals surface area (Å²) in [5, 5.41) is 3.55. The second kappa shape index (κ2) is 5.40. The molecule has 2 aliphatic rings. The first-order valence-electron chi connectivity index (χ1n) is 8.22. The number of aromatic nitrogens is 1. The third kappa shape index (κ3) is 2.40. The summed E-state index contributed by atoms with van der Waals surface area (Å²) < 4.78 is 0. The van der Waals surface area contributed by atoms with Crippen LogP contribution in [-0.2, 0) is 12.0 Å². The van der Waals surface area contributed by atoms with Gasteiger partial charge in [-0.3, -0.25) is 9.88 Å². The van der Waals surface area contributed by atoms with Gasteiger partial charge in [-0.05, 0) is 50.6 Å². The fourth-order valence-electron chi connectivity index (χ4n) is 3.82.